The van der Waals surface area contributed by atoms with Gasteiger partial charge in [-0.3, -0.25) is 4.79 Å². The lowest BCUT2D eigenvalue weighted by molar-refractivity contribution is -0.118. The van der Waals surface area contributed by atoms with Crippen molar-refractivity contribution >= 4 is 29.3 Å². The molecule has 1 atom stereocenters. The maximum atomic E-state index is 10.6. The van der Waals surface area contributed by atoms with Crippen molar-refractivity contribution in [2.45, 2.75) is 12.2 Å². The fraction of sp³-hybridized carbons (Fsp3) is 0.833. The fourth-order valence-corrected chi connectivity index (χ4v) is 0.733. The van der Waals surface area contributed by atoms with Gasteiger partial charge in [0.1, 0.15) is 5.88 Å². The summed E-state index contributed by atoms with van der Waals surface area (Å²) in [5.74, 6) is -0.0382. The van der Waals surface area contributed by atoms with Gasteiger partial charge in [0.25, 0.3) is 0 Å². The van der Waals surface area contributed by atoms with E-state index < -0.39 is 0 Å². The quantitative estimate of drug-likeness (QED) is 0.659. The van der Waals surface area contributed by atoms with Crippen molar-refractivity contribution in [3.05, 3.63) is 0 Å². The van der Waals surface area contributed by atoms with Crippen molar-refractivity contribution in [2.75, 3.05) is 18.7 Å². The molecule has 1 N–H and O–H groups in total. The van der Waals surface area contributed by atoms with Crippen LogP contribution in [0.2, 0.25) is 0 Å². The van der Waals surface area contributed by atoms with E-state index in [0.717, 1.165) is 0 Å². The van der Waals surface area contributed by atoms with Crippen LogP contribution in [0.15, 0.2) is 0 Å². The van der Waals surface area contributed by atoms with Gasteiger partial charge in [-0.2, -0.15) is 11.8 Å². The molecule has 60 valence electrons. The van der Waals surface area contributed by atoms with Gasteiger partial charge in [-0.05, 0) is 6.26 Å². The Morgan fingerprint density at radius 2 is 2.40 bits per heavy atom. The van der Waals surface area contributed by atoms with E-state index in [1.807, 2.05) is 6.26 Å². The smallest absolute Gasteiger partial charge is 0.234 e. The Hall–Kier alpha value is 0.110. The number of nitrogens with one attached hydrogen (secondary N) is 1. The minimum absolute atomic E-state index is 0.0566. The Bertz CT molecular complexity index is 110. The lowest BCUT2D eigenvalue weighted by atomic mass is 10.4. The van der Waals surface area contributed by atoms with Crippen molar-refractivity contribution in [2.24, 2.45) is 0 Å². The van der Waals surface area contributed by atoms with Crippen LogP contribution in [0.25, 0.3) is 0 Å². The second-order valence-corrected chi connectivity index (χ2v) is 3.53. The SMILES string of the molecule is CSC(C)CNC(=O)CCl. The van der Waals surface area contributed by atoms with Crippen LogP contribution in [0.4, 0.5) is 0 Å². The number of alkyl halides is 1. The van der Waals surface area contributed by atoms with Gasteiger partial charge in [-0.1, -0.05) is 6.92 Å². The summed E-state index contributed by atoms with van der Waals surface area (Å²) in [7, 11) is 0. The summed E-state index contributed by atoms with van der Waals surface area (Å²) in [6, 6.07) is 0. The molecule has 10 heavy (non-hydrogen) atoms. The van der Waals surface area contributed by atoms with E-state index >= 15 is 0 Å². The zero-order valence-electron chi connectivity index (χ0n) is 6.19. The second kappa shape index (κ2) is 5.86. The van der Waals surface area contributed by atoms with Crippen LogP contribution in [0, 0.1) is 0 Å². The third-order valence-corrected chi connectivity index (χ3v) is 2.32. The molecule has 2 nitrogen and oxygen atoms in total. The van der Waals surface area contributed by atoms with Crippen LogP contribution < -0.4 is 5.32 Å². The van der Waals surface area contributed by atoms with Crippen LogP contribution in [0.3, 0.4) is 0 Å². The summed E-state index contributed by atoms with van der Waals surface area (Å²) in [6.45, 7) is 2.76. The third kappa shape index (κ3) is 4.94. The molecule has 0 aliphatic heterocycles. The molecule has 0 fully saturated rings. The topological polar surface area (TPSA) is 29.1 Å². The first-order chi connectivity index (χ1) is 4.70. The molecule has 0 spiro atoms. The largest absolute Gasteiger partial charge is 0.354 e. The molecule has 1 unspecified atom stereocenters. The van der Waals surface area contributed by atoms with Gasteiger partial charge in [-0.25, -0.2) is 0 Å². The van der Waals surface area contributed by atoms with Gasteiger partial charge >= 0.3 is 0 Å². The van der Waals surface area contributed by atoms with Crippen LogP contribution >= 0.6 is 23.4 Å². The second-order valence-electron chi connectivity index (χ2n) is 1.98. The number of amides is 1. The lowest BCUT2D eigenvalue weighted by Gasteiger charge is -2.07. The van der Waals surface area contributed by atoms with E-state index in [1.54, 1.807) is 11.8 Å². The van der Waals surface area contributed by atoms with Gasteiger partial charge in [0.15, 0.2) is 0 Å². The molecule has 0 aliphatic carbocycles. The lowest BCUT2D eigenvalue weighted by Crippen LogP contribution is -2.30. The summed E-state index contributed by atoms with van der Waals surface area (Å²) in [5.41, 5.74) is 0. The predicted molar refractivity (Wildman–Crippen MR) is 46.7 cm³/mol. The highest BCUT2D eigenvalue weighted by Gasteiger charge is 2.01. The molecule has 0 radical (unpaired) electrons. The molecule has 0 aliphatic rings. The molecule has 0 aromatic rings. The van der Waals surface area contributed by atoms with Crippen LogP contribution in [-0.4, -0.2) is 29.8 Å². The van der Waals surface area contributed by atoms with Crippen LogP contribution in [-0.2, 0) is 4.79 Å². The standard InChI is InChI=1S/C6H12ClNOS/c1-5(10-2)4-8-6(9)3-7/h5H,3-4H2,1-2H3,(H,8,9). The Morgan fingerprint density at radius 1 is 1.80 bits per heavy atom. The number of hydrogen-bond acceptors (Lipinski definition) is 2. The fourth-order valence-electron chi connectivity index (χ4n) is 0.388. The van der Waals surface area contributed by atoms with Gasteiger partial charge < -0.3 is 5.32 Å². The number of rotatable bonds is 4. The molecule has 0 saturated carbocycles. The Labute approximate surface area is 70.7 Å². The van der Waals surface area contributed by atoms with Crippen molar-refractivity contribution in [3.8, 4) is 0 Å². The molecule has 0 rings (SSSR count). The minimum atomic E-state index is -0.0948. The molecule has 0 saturated heterocycles. The molecule has 0 aromatic heterocycles. The summed E-state index contributed by atoms with van der Waals surface area (Å²) in [4.78, 5) is 10.6. The highest BCUT2D eigenvalue weighted by Crippen LogP contribution is 2.01. The predicted octanol–water partition coefficient (Wildman–Crippen LogP) is 1.09. The highest BCUT2D eigenvalue weighted by molar-refractivity contribution is 7.99. The first kappa shape index (κ1) is 10.1. The molecule has 0 aromatic carbocycles. The van der Waals surface area contributed by atoms with E-state index in [0.29, 0.717) is 11.8 Å². The Balaban J connectivity index is 3.26. The summed E-state index contributed by atoms with van der Waals surface area (Å²) in [6.07, 6.45) is 2.01. The van der Waals surface area contributed by atoms with Crippen LogP contribution in [0.5, 0.6) is 0 Å². The van der Waals surface area contributed by atoms with E-state index in [1.165, 1.54) is 0 Å². The zero-order chi connectivity index (χ0) is 7.98. The first-order valence-corrected chi connectivity index (χ1v) is 4.88. The van der Waals surface area contributed by atoms with Crippen molar-refractivity contribution in [3.63, 3.8) is 0 Å². The minimum Gasteiger partial charge on any atom is -0.354 e. The first-order valence-electron chi connectivity index (χ1n) is 3.06. The number of halogens is 1. The van der Waals surface area contributed by atoms with Gasteiger partial charge in [0.05, 0.1) is 0 Å². The average molecular weight is 182 g/mol. The highest BCUT2D eigenvalue weighted by atomic mass is 35.5. The van der Waals surface area contributed by atoms with E-state index in [2.05, 4.69) is 12.2 Å². The van der Waals surface area contributed by atoms with Gasteiger partial charge in [0, 0.05) is 11.8 Å². The number of carbonyl (C=O) groups is 1. The van der Waals surface area contributed by atoms with Gasteiger partial charge in [0.2, 0.25) is 5.91 Å². The van der Waals surface area contributed by atoms with E-state index in [9.17, 15) is 4.79 Å². The number of carbonyl (C=O) groups excluding carboxylic acids is 1. The van der Waals surface area contributed by atoms with Crippen molar-refractivity contribution in [1.29, 1.82) is 0 Å². The van der Waals surface area contributed by atoms with Crippen LogP contribution in [0.1, 0.15) is 6.92 Å². The third-order valence-electron chi connectivity index (χ3n) is 1.11. The van der Waals surface area contributed by atoms with Crippen molar-refractivity contribution in [1.82, 2.24) is 5.32 Å². The Kier molecular flexibility index (Phi) is 5.93. The number of thioether (sulfide) groups is 1. The molecule has 4 heteroatoms. The monoisotopic (exact) mass is 181 g/mol. The van der Waals surface area contributed by atoms with E-state index in [4.69, 9.17) is 11.6 Å². The summed E-state index contributed by atoms with van der Waals surface area (Å²) >= 11 is 6.98. The Morgan fingerprint density at radius 3 is 2.80 bits per heavy atom. The normalized spacial score (nSPS) is 12.7. The molecule has 0 heterocycles. The van der Waals surface area contributed by atoms with Crippen molar-refractivity contribution < 1.29 is 4.79 Å². The number of hydrogen-bond donors (Lipinski definition) is 1. The average Bonchev–Trinajstić information content (AvgIpc) is 1.99. The summed E-state index contributed by atoms with van der Waals surface area (Å²) in [5, 5.41) is 3.16. The van der Waals surface area contributed by atoms with E-state index in [-0.39, 0.29) is 11.8 Å². The maximum absolute atomic E-state index is 10.6. The van der Waals surface area contributed by atoms with Gasteiger partial charge in [-0.15, -0.1) is 11.6 Å². The maximum Gasteiger partial charge on any atom is 0.234 e. The molecule has 1 amide bonds. The molecular weight excluding hydrogens is 170 g/mol. The summed E-state index contributed by atoms with van der Waals surface area (Å²) < 4.78 is 0. The molecular formula is C6H12ClNOS. The zero-order valence-corrected chi connectivity index (χ0v) is 7.76. The molecule has 0 bridgehead atoms.